The molecule has 4 rings (SSSR count). The molecule has 4 aromatic rings. The minimum absolute atomic E-state index is 0.201. The summed E-state index contributed by atoms with van der Waals surface area (Å²) in [6.07, 6.45) is 3.29. The van der Waals surface area contributed by atoms with Crippen LogP contribution in [0.25, 0.3) is 16.3 Å². The Morgan fingerprint density at radius 1 is 1.07 bits per heavy atom. The van der Waals surface area contributed by atoms with Crippen LogP contribution in [0.4, 0.5) is 5.13 Å². The first kappa shape index (κ1) is 19.9. The van der Waals surface area contributed by atoms with E-state index in [1.165, 1.54) is 23.0 Å². The van der Waals surface area contributed by atoms with Crippen LogP contribution < -0.4 is 10.1 Å². The molecule has 0 bridgehead atoms. The number of hydrogen-bond donors (Lipinski definition) is 1. The molecule has 4 nitrogen and oxygen atoms in total. The van der Waals surface area contributed by atoms with Crippen molar-refractivity contribution in [2.75, 3.05) is 5.32 Å². The number of ether oxygens (including phenoxy) is 1. The molecule has 3 aromatic carbocycles. The van der Waals surface area contributed by atoms with Gasteiger partial charge in [-0.25, -0.2) is 4.98 Å². The van der Waals surface area contributed by atoms with Crippen LogP contribution in [0.3, 0.4) is 0 Å². The quantitative estimate of drug-likeness (QED) is 0.385. The van der Waals surface area contributed by atoms with Crippen molar-refractivity contribution in [3.63, 3.8) is 0 Å². The van der Waals surface area contributed by atoms with Gasteiger partial charge in [-0.3, -0.25) is 10.1 Å². The molecule has 0 saturated carbocycles. The predicted molar refractivity (Wildman–Crippen MR) is 124 cm³/mol. The van der Waals surface area contributed by atoms with Gasteiger partial charge in [-0.2, -0.15) is 0 Å². The van der Waals surface area contributed by atoms with Crippen LogP contribution in [0.2, 0.25) is 0 Å². The summed E-state index contributed by atoms with van der Waals surface area (Å²) in [6, 6.07) is 21.9. The van der Waals surface area contributed by atoms with E-state index in [9.17, 15) is 4.79 Å². The molecule has 1 N–H and O–H groups in total. The first-order chi connectivity index (χ1) is 14.6. The first-order valence-electron chi connectivity index (χ1n) is 9.70. The highest BCUT2D eigenvalue weighted by Gasteiger charge is 2.08. The topological polar surface area (TPSA) is 51.2 Å². The number of anilines is 1. The maximum atomic E-state index is 12.3. The molecule has 0 unspecified atom stereocenters. The van der Waals surface area contributed by atoms with Crippen molar-refractivity contribution in [1.82, 2.24) is 4.98 Å². The molecule has 0 saturated heterocycles. The van der Waals surface area contributed by atoms with E-state index in [-0.39, 0.29) is 5.91 Å². The van der Waals surface area contributed by atoms with Crippen molar-refractivity contribution in [2.24, 2.45) is 0 Å². The lowest BCUT2D eigenvalue weighted by molar-refractivity contribution is -0.111. The normalized spacial score (nSPS) is 11.1. The Morgan fingerprint density at radius 3 is 2.60 bits per heavy atom. The van der Waals surface area contributed by atoms with Gasteiger partial charge in [0.25, 0.3) is 0 Å². The molecule has 1 heterocycles. The van der Waals surface area contributed by atoms with Gasteiger partial charge in [-0.1, -0.05) is 59.9 Å². The SMILES string of the molecule is Cc1cc(C)c2nc(NC(=O)/C=C/c3ccc(OCc4ccccc4)cc3)sc2c1. The Kier molecular flexibility index (Phi) is 5.91. The van der Waals surface area contributed by atoms with Crippen LogP contribution in [0.5, 0.6) is 5.75 Å². The maximum Gasteiger partial charge on any atom is 0.250 e. The Labute approximate surface area is 179 Å². The first-order valence-corrected chi connectivity index (χ1v) is 10.5. The van der Waals surface area contributed by atoms with Crippen LogP contribution >= 0.6 is 11.3 Å². The average molecular weight is 415 g/mol. The van der Waals surface area contributed by atoms with Gasteiger partial charge >= 0.3 is 0 Å². The van der Waals surface area contributed by atoms with Crippen molar-refractivity contribution in [1.29, 1.82) is 0 Å². The zero-order valence-electron chi connectivity index (χ0n) is 16.9. The monoisotopic (exact) mass is 414 g/mol. The molecule has 150 valence electrons. The van der Waals surface area contributed by atoms with Crippen molar-refractivity contribution in [3.05, 3.63) is 95.1 Å². The van der Waals surface area contributed by atoms with Crippen molar-refractivity contribution < 1.29 is 9.53 Å². The second-order valence-electron chi connectivity index (χ2n) is 7.11. The third-order valence-corrected chi connectivity index (χ3v) is 5.53. The highest BCUT2D eigenvalue weighted by atomic mass is 32.1. The lowest BCUT2D eigenvalue weighted by atomic mass is 10.1. The van der Waals surface area contributed by atoms with E-state index in [4.69, 9.17) is 4.74 Å². The Balaban J connectivity index is 1.35. The minimum atomic E-state index is -0.201. The van der Waals surface area contributed by atoms with Crippen LogP contribution in [0.1, 0.15) is 22.3 Å². The second kappa shape index (κ2) is 8.93. The molecule has 0 spiro atoms. The van der Waals surface area contributed by atoms with Gasteiger partial charge in [0.05, 0.1) is 10.2 Å². The van der Waals surface area contributed by atoms with E-state index in [1.54, 1.807) is 6.08 Å². The summed E-state index contributed by atoms with van der Waals surface area (Å²) in [4.78, 5) is 16.8. The number of carbonyl (C=O) groups is 1. The third kappa shape index (κ3) is 4.93. The molecule has 0 fully saturated rings. The number of nitrogens with zero attached hydrogens (tertiary/aromatic N) is 1. The van der Waals surface area contributed by atoms with Crippen LogP contribution in [-0.4, -0.2) is 10.9 Å². The number of nitrogens with one attached hydrogen (secondary N) is 1. The smallest absolute Gasteiger partial charge is 0.250 e. The lowest BCUT2D eigenvalue weighted by Crippen LogP contribution is -2.07. The predicted octanol–water partition coefficient (Wildman–Crippen LogP) is 6.14. The van der Waals surface area contributed by atoms with Gasteiger partial charge in [0.15, 0.2) is 5.13 Å². The number of carbonyl (C=O) groups excluding carboxylic acids is 1. The lowest BCUT2D eigenvalue weighted by Gasteiger charge is -2.06. The molecule has 1 aromatic heterocycles. The molecule has 0 atom stereocenters. The number of amides is 1. The number of hydrogen-bond acceptors (Lipinski definition) is 4. The van der Waals surface area contributed by atoms with Crippen LogP contribution in [-0.2, 0) is 11.4 Å². The molecule has 1 amide bonds. The van der Waals surface area contributed by atoms with E-state index in [0.717, 1.165) is 32.7 Å². The maximum absolute atomic E-state index is 12.3. The summed E-state index contributed by atoms with van der Waals surface area (Å²) < 4.78 is 6.87. The second-order valence-corrected chi connectivity index (χ2v) is 8.14. The summed E-state index contributed by atoms with van der Waals surface area (Å²) >= 11 is 1.49. The van der Waals surface area contributed by atoms with E-state index in [2.05, 4.69) is 29.4 Å². The number of fused-ring (bicyclic) bond motifs is 1. The zero-order valence-corrected chi connectivity index (χ0v) is 17.7. The summed E-state index contributed by atoms with van der Waals surface area (Å²) in [7, 11) is 0. The van der Waals surface area contributed by atoms with Gasteiger partial charge in [0.2, 0.25) is 5.91 Å². The largest absolute Gasteiger partial charge is 0.489 e. The van der Waals surface area contributed by atoms with Gasteiger partial charge in [-0.05, 0) is 60.4 Å². The fourth-order valence-electron chi connectivity index (χ4n) is 3.16. The van der Waals surface area contributed by atoms with Crippen molar-refractivity contribution >= 4 is 38.7 Å². The van der Waals surface area contributed by atoms with Crippen LogP contribution in [0, 0.1) is 13.8 Å². The summed E-state index contributed by atoms with van der Waals surface area (Å²) in [5, 5.41) is 3.46. The molecule has 0 aliphatic rings. The number of thiazole rings is 1. The van der Waals surface area contributed by atoms with E-state index >= 15 is 0 Å². The minimum Gasteiger partial charge on any atom is -0.489 e. The molecule has 0 radical (unpaired) electrons. The highest BCUT2D eigenvalue weighted by molar-refractivity contribution is 7.22. The number of aryl methyl sites for hydroxylation is 2. The third-order valence-electron chi connectivity index (χ3n) is 4.62. The number of aromatic nitrogens is 1. The summed E-state index contributed by atoms with van der Waals surface area (Å²) in [5.41, 5.74) is 5.30. The standard InChI is InChI=1S/C25H22N2O2S/c1-17-14-18(2)24-22(15-17)30-25(27-24)26-23(28)13-10-19-8-11-21(12-9-19)29-16-20-6-4-3-5-7-20/h3-15H,16H2,1-2H3,(H,26,27,28)/b13-10+. The highest BCUT2D eigenvalue weighted by Crippen LogP contribution is 2.29. The molecule has 0 aliphatic heterocycles. The Hall–Kier alpha value is -3.44. The fraction of sp³-hybridized carbons (Fsp3) is 0.120. The fourth-order valence-corrected chi connectivity index (χ4v) is 4.20. The number of benzene rings is 3. The zero-order chi connectivity index (χ0) is 20.9. The van der Waals surface area contributed by atoms with E-state index < -0.39 is 0 Å². The average Bonchev–Trinajstić information content (AvgIpc) is 3.15. The summed E-state index contributed by atoms with van der Waals surface area (Å²) in [5.74, 6) is 0.591. The van der Waals surface area contributed by atoms with Crippen LogP contribution in [0.15, 0.2) is 72.8 Å². The van der Waals surface area contributed by atoms with E-state index in [1.807, 2.05) is 61.5 Å². The van der Waals surface area contributed by atoms with Gasteiger partial charge in [0.1, 0.15) is 12.4 Å². The van der Waals surface area contributed by atoms with E-state index in [0.29, 0.717) is 11.7 Å². The summed E-state index contributed by atoms with van der Waals surface area (Å²) in [6.45, 7) is 4.62. The Bertz CT molecular complexity index is 1200. The molecular weight excluding hydrogens is 392 g/mol. The Morgan fingerprint density at radius 2 is 1.83 bits per heavy atom. The van der Waals surface area contributed by atoms with Gasteiger partial charge < -0.3 is 4.74 Å². The molecular formula is C25H22N2O2S. The molecule has 5 heteroatoms. The van der Waals surface area contributed by atoms with Crippen molar-refractivity contribution in [3.8, 4) is 5.75 Å². The van der Waals surface area contributed by atoms with Crippen molar-refractivity contribution in [2.45, 2.75) is 20.5 Å². The molecule has 0 aliphatic carbocycles. The van der Waals surface area contributed by atoms with Gasteiger partial charge in [0, 0.05) is 6.08 Å². The van der Waals surface area contributed by atoms with Gasteiger partial charge in [-0.15, -0.1) is 0 Å². The molecule has 30 heavy (non-hydrogen) atoms. The number of rotatable bonds is 6.